The average molecular weight is 505 g/mol. The van der Waals surface area contributed by atoms with Gasteiger partial charge in [-0.05, 0) is 59.5 Å². The van der Waals surface area contributed by atoms with Gasteiger partial charge in [0, 0.05) is 10.9 Å². The number of benzene rings is 3. The molecule has 1 aliphatic rings. The Morgan fingerprint density at radius 2 is 1.76 bits per heavy atom. The van der Waals surface area contributed by atoms with Gasteiger partial charge in [0.2, 0.25) is 0 Å². The van der Waals surface area contributed by atoms with E-state index in [9.17, 15) is 14.4 Å². The lowest BCUT2D eigenvalue weighted by Gasteiger charge is -2.26. The summed E-state index contributed by atoms with van der Waals surface area (Å²) >= 11 is 3.56. The van der Waals surface area contributed by atoms with Crippen LogP contribution in [0, 0.1) is 6.92 Å². The van der Waals surface area contributed by atoms with Crippen LogP contribution in [-0.2, 0) is 16.0 Å². The molecule has 1 N–H and O–H groups in total. The monoisotopic (exact) mass is 504 g/mol. The highest BCUT2D eigenvalue weighted by atomic mass is 79.9. The number of hydrogen-bond acceptors (Lipinski definition) is 4. The van der Waals surface area contributed by atoms with Crippen molar-refractivity contribution in [2.45, 2.75) is 13.3 Å². The molecular formula is C26H21BrN2O4. The molecule has 3 aromatic rings. The lowest BCUT2D eigenvalue weighted by Crippen LogP contribution is -2.54. The van der Waals surface area contributed by atoms with Crippen LogP contribution in [0.2, 0.25) is 0 Å². The Kier molecular flexibility index (Phi) is 6.42. The van der Waals surface area contributed by atoms with Crippen LogP contribution in [0.4, 0.5) is 10.5 Å². The van der Waals surface area contributed by atoms with Gasteiger partial charge in [0.05, 0.1) is 12.8 Å². The molecule has 4 rings (SSSR count). The van der Waals surface area contributed by atoms with E-state index < -0.39 is 17.8 Å². The van der Waals surface area contributed by atoms with E-state index in [1.165, 1.54) is 6.08 Å². The quantitative estimate of drug-likeness (QED) is 0.390. The van der Waals surface area contributed by atoms with Crippen LogP contribution in [0.3, 0.4) is 0 Å². The van der Waals surface area contributed by atoms with Crippen molar-refractivity contribution < 1.29 is 19.1 Å². The van der Waals surface area contributed by atoms with Crippen LogP contribution in [0.15, 0.2) is 76.8 Å². The maximum atomic E-state index is 13.1. The fourth-order valence-electron chi connectivity index (χ4n) is 3.67. The summed E-state index contributed by atoms with van der Waals surface area (Å²) in [6, 6.07) is 19.6. The number of anilines is 1. The van der Waals surface area contributed by atoms with E-state index in [4.69, 9.17) is 4.74 Å². The Morgan fingerprint density at radius 1 is 0.970 bits per heavy atom. The summed E-state index contributed by atoms with van der Waals surface area (Å²) in [4.78, 5) is 38.9. The number of halogens is 1. The van der Waals surface area contributed by atoms with E-state index in [-0.39, 0.29) is 5.57 Å². The molecule has 0 atom stereocenters. The van der Waals surface area contributed by atoms with Crippen LogP contribution in [0.1, 0.15) is 22.3 Å². The number of barbiturate groups is 1. The second kappa shape index (κ2) is 9.42. The second-order valence-electron chi connectivity index (χ2n) is 7.64. The first-order chi connectivity index (χ1) is 15.9. The minimum Gasteiger partial charge on any atom is -0.496 e. The Balaban J connectivity index is 1.67. The molecule has 0 aliphatic carbocycles. The van der Waals surface area contributed by atoms with E-state index in [1.54, 1.807) is 31.4 Å². The number of rotatable bonds is 5. The van der Waals surface area contributed by atoms with Crippen molar-refractivity contribution in [3.8, 4) is 5.75 Å². The smallest absolute Gasteiger partial charge is 0.335 e. The summed E-state index contributed by atoms with van der Waals surface area (Å²) in [6.45, 7) is 1.86. The number of urea groups is 1. The highest BCUT2D eigenvalue weighted by molar-refractivity contribution is 9.10. The fraction of sp³-hybridized carbons (Fsp3) is 0.115. The summed E-state index contributed by atoms with van der Waals surface area (Å²) in [6.07, 6.45) is 2.12. The predicted octanol–water partition coefficient (Wildman–Crippen LogP) is 5.02. The zero-order valence-corrected chi connectivity index (χ0v) is 19.7. The van der Waals surface area contributed by atoms with Crippen molar-refractivity contribution in [3.63, 3.8) is 0 Å². The van der Waals surface area contributed by atoms with E-state index in [1.807, 2.05) is 49.4 Å². The van der Waals surface area contributed by atoms with Crippen molar-refractivity contribution in [2.24, 2.45) is 0 Å². The maximum absolute atomic E-state index is 13.1. The van der Waals surface area contributed by atoms with Crippen LogP contribution < -0.4 is 15.0 Å². The molecule has 0 bridgehead atoms. The molecule has 1 heterocycles. The third-order valence-electron chi connectivity index (χ3n) is 5.32. The molecule has 166 valence electrons. The highest BCUT2D eigenvalue weighted by Gasteiger charge is 2.36. The molecule has 1 aliphatic heterocycles. The van der Waals surface area contributed by atoms with E-state index in [2.05, 4.69) is 21.2 Å². The second-order valence-corrected chi connectivity index (χ2v) is 8.49. The van der Waals surface area contributed by atoms with Gasteiger partial charge in [-0.25, -0.2) is 9.69 Å². The Morgan fingerprint density at radius 3 is 2.48 bits per heavy atom. The summed E-state index contributed by atoms with van der Waals surface area (Å²) in [7, 11) is 1.58. The lowest BCUT2D eigenvalue weighted by atomic mass is 10.0. The topological polar surface area (TPSA) is 75.7 Å². The normalized spacial score (nSPS) is 15.1. The van der Waals surface area contributed by atoms with Gasteiger partial charge < -0.3 is 4.74 Å². The number of nitrogens with one attached hydrogen (secondary N) is 1. The van der Waals surface area contributed by atoms with Crippen LogP contribution >= 0.6 is 15.9 Å². The predicted molar refractivity (Wildman–Crippen MR) is 130 cm³/mol. The SMILES string of the molecule is COc1cc(/C=C2\C(=O)NC(=O)N(c3cccc(C)c3)C2=O)ccc1Cc1ccccc1Br. The molecule has 0 aromatic heterocycles. The molecule has 33 heavy (non-hydrogen) atoms. The average Bonchev–Trinajstić information content (AvgIpc) is 2.79. The Hall–Kier alpha value is -3.71. The third-order valence-corrected chi connectivity index (χ3v) is 6.10. The molecule has 1 fully saturated rings. The van der Waals surface area contributed by atoms with E-state index in [0.717, 1.165) is 26.1 Å². The van der Waals surface area contributed by atoms with Crippen LogP contribution in [0.25, 0.3) is 6.08 Å². The highest BCUT2D eigenvalue weighted by Crippen LogP contribution is 2.28. The van der Waals surface area contributed by atoms with Gasteiger partial charge in [-0.2, -0.15) is 0 Å². The summed E-state index contributed by atoms with van der Waals surface area (Å²) in [5.74, 6) is -0.772. The molecule has 0 unspecified atom stereocenters. The van der Waals surface area contributed by atoms with Crippen LogP contribution in [0.5, 0.6) is 5.75 Å². The van der Waals surface area contributed by atoms with Gasteiger partial charge in [0.15, 0.2) is 0 Å². The van der Waals surface area contributed by atoms with Crippen molar-refractivity contribution in [1.29, 1.82) is 0 Å². The first kappa shape index (κ1) is 22.5. The lowest BCUT2D eigenvalue weighted by molar-refractivity contribution is -0.122. The van der Waals surface area contributed by atoms with Crippen molar-refractivity contribution in [2.75, 3.05) is 12.0 Å². The van der Waals surface area contributed by atoms with E-state index >= 15 is 0 Å². The number of carbonyl (C=O) groups is 3. The minimum atomic E-state index is -0.769. The number of hydrogen-bond donors (Lipinski definition) is 1. The van der Waals surface area contributed by atoms with Crippen molar-refractivity contribution in [3.05, 3.63) is 99.0 Å². The van der Waals surface area contributed by atoms with E-state index in [0.29, 0.717) is 23.4 Å². The molecule has 3 aromatic carbocycles. The van der Waals surface area contributed by atoms with Gasteiger partial charge in [-0.15, -0.1) is 0 Å². The van der Waals surface area contributed by atoms with Gasteiger partial charge in [0.25, 0.3) is 11.8 Å². The summed E-state index contributed by atoms with van der Waals surface area (Å²) < 4.78 is 6.57. The molecule has 0 saturated carbocycles. The molecule has 4 amide bonds. The molecule has 0 radical (unpaired) electrons. The van der Waals surface area contributed by atoms with Gasteiger partial charge in [-0.1, -0.05) is 58.4 Å². The largest absolute Gasteiger partial charge is 0.496 e. The Labute approximate surface area is 200 Å². The fourth-order valence-corrected chi connectivity index (χ4v) is 4.09. The zero-order valence-electron chi connectivity index (χ0n) is 18.1. The maximum Gasteiger partial charge on any atom is 0.335 e. The molecule has 0 spiro atoms. The molecule has 1 saturated heterocycles. The first-order valence-corrected chi connectivity index (χ1v) is 11.0. The Bertz CT molecular complexity index is 1300. The molecule has 6 nitrogen and oxygen atoms in total. The standard InChI is InChI=1S/C26H21BrN2O4/c1-16-6-5-8-20(12-16)29-25(31)21(24(30)28-26(29)32)13-17-10-11-19(23(14-17)33-2)15-18-7-3-4-9-22(18)27/h3-14H,15H2,1-2H3,(H,28,30,32)/b21-13+. The first-order valence-electron chi connectivity index (χ1n) is 10.3. The number of ether oxygens (including phenoxy) is 1. The third kappa shape index (κ3) is 4.73. The number of methoxy groups -OCH3 is 1. The number of nitrogens with zero attached hydrogens (tertiary/aromatic N) is 1. The van der Waals surface area contributed by atoms with Gasteiger partial charge >= 0.3 is 6.03 Å². The molecular weight excluding hydrogens is 484 g/mol. The number of carbonyl (C=O) groups excluding carboxylic acids is 3. The summed E-state index contributed by atoms with van der Waals surface area (Å²) in [5, 5.41) is 2.25. The van der Waals surface area contributed by atoms with Crippen LogP contribution in [-0.4, -0.2) is 25.0 Å². The molecule has 7 heteroatoms. The zero-order chi connectivity index (χ0) is 23.5. The minimum absolute atomic E-state index is 0.128. The number of aryl methyl sites for hydroxylation is 1. The number of amides is 4. The van der Waals surface area contributed by atoms with Crippen molar-refractivity contribution >= 4 is 45.5 Å². The van der Waals surface area contributed by atoms with Gasteiger partial charge in [0.1, 0.15) is 11.3 Å². The van der Waals surface area contributed by atoms with Crippen molar-refractivity contribution in [1.82, 2.24) is 5.32 Å². The number of imide groups is 2. The summed E-state index contributed by atoms with van der Waals surface area (Å²) in [5.41, 5.74) is 3.84. The van der Waals surface area contributed by atoms with Gasteiger partial charge in [-0.3, -0.25) is 14.9 Å².